The highest BCUT2D eigenvalue weighted by atomic mass is 19.2. The predicted octanol–water partition coefficient (Wildman–Crippen LogP) is 1.68. The van der Waals surface area contributed by atoms with Crippen LogP contribution in [0.15, 0.2) is 6.07 Å². The van der Waals surface area contributed by atoms with Gasteiger partial charge in [-0.05, 0) is 0 Å². The molecule has 114 valence electrons. The maximum absolute atomic E-state index is 13.3. The number of aliphatic hydroxyl groups excluding tert-OH is 1. The smallest absolute Gasteiger partial charge is 0.185 e. The topological polar surface area (TPSA) is 50.7 Å². The zero-order chi connectivity index (χ0) is 15.1. The van der Waals surface area contributed by atoms with Crippen LogP contribution < -0.4 is 5.32 Å². The lowest BCUT2D eigenvalue weighted by atomic mass is 10.2. The maximum Gasteiger partial charge on any atom is 0.185 e. The van der Waals surface area contributed by atoms with Crippen LogP contribution in [0, 0.1) is 23.3 Å². The highest BCUT2D eigenvalue weighted by Crippen LogP contribution is 2.23. The fourth-order valence-corrected chi connectivity index (χ4v) is 1.37. The standard InChI is InChI=1S/C12H15F4NO3/c1-19-2-3-20-6-7(18)5-17-12-10(15)8(13)4-9(14)11(12)16/h4,7,17-18H,2-3,5-6H2,1H3. The molecule has 0 amide bonds. The number of benzene rings is 1. The molecule has 4 nitrogen and oxygen atoms in total. The molecule has 0 radical (unpaired) electrons. The zero-order valence-electron chi connectivity index (χ0n) is 10.8. The van der Waals surface area contributed by atoms with Crippen LogP contribution in [0.3, 0.4) is 0 Å². The number of hydrogen-bond donors (Lipinski definition) is 2. The van der Waals surface area contributed by atoms with Crippen molar-refractivity contribution in [3.63, 3.8) is 0 Å². The van der Waals surface area contributed by atoms with Gasteiger partial charge in [0, 0.05) is 19.7 Å². The predicted molar refractivity (Wildman–Crippen MR) is 63.5 cm³/mol. The molecule has 0 fully saturated rings. The summed E-state index contributed by atoms with van der Waals surface area (Å²) in [5, 5.41) is 11.6. The second-order valence-corrected chi connectivity index (χ2v) is 3.95. The van der Waals surface area contributed by atoms with E-state index in [1.165, 1.54) is 7.11 Å². The van der Waals surface area contributed by atoms with Crippen molar-refractivity contribution in [2.45, 2.75) is 6.10 Å². The fraction of sp³-hybridized carbons (Fsp3) is 0.500. The molecule has 0 spiro atoms. The van der Waals surface area contributed by atoms with Crippen molar-refractivity contribution in [2.75, 3.05) is 38.8 Å². The summed E-state index contributed by atoms with van der Waals surface area (Å²) in [4.78, 5) is 0. The minimum Gasteiger partial charge on any atom is -0.389 e. The van der Waals surface area contributed by atoms with Crippen molar-refractivity contribution in [1.29, 1.82) is 0 Å². The molecule has 20 heavy (non-hydrogen) atoms. The molecule has 0 aromatic heterocycles. The van der Waals surface area contributed by atoms with E-state index in [1.807, 2.05) is 0 Å². The normalized spacial score (nSPS) is 12.5. The van der Waals surface area contributed by atoms with Gasteiger partial charge in [0.15, 0.2) is 23.3 Å². The Labute approximate surface area is 113 Å². The van der Waals surface area contributed by atoms with Crippen LogP contribution in [0.5, 0.6) is 0 Å². The summed E-state index contributed by atoms with van der Waals surface area (Å²) in [5.41, 5.74) is -0.960. The molecule has 0 bridgehead atoms. The Kier molecular flexibility index (Phi) is 6.69. The first-order chi connectivity index (χ1) is 9.47. The zero-order valence-corrected chi connectivity index (χ0v) is 10.8. The Hall–Kier alpha value is -1.38. The van der Waals surface area contributed by atoms with Crippen molar-refractivity contribution in [3.8, 4) is 0 Å². The first kappa shape index (κ1) is 16.7. The van der Waals surface area contributed by atoms with Crippen LogP contribution in [0.2, 0.25) is 0 Å². The van der Waals surface area contributed by atoms with E-state index in [0.29, 0.717) is 6.61 Å². The first-order valence-corrected chi connectivity index (χ1v) is 5.79. The van der Waals surface area contributed by atoms with E-state index in [1.54, 1.807) is 0 Å². The van der Waals surface area contributed by atoms with Gasteiger partial charge in [-0.15, -0.1) is 0 Å². The number of anilines is 1. The molecule has 0 saturated heterocycles. The minimum atomic E-state index is -1.54. The maximum atomic E-state index is 13.3. The number of hydrogen-bond acceptors (Lipinski definition) is 4. The van der Waals surface area contributed by atoms with E-state index in [9.17, 15) is 22.7 Å². The third-order valence-electron chi connectivity index (χ3n) is 2.37. The van der Waals surface area contributed by atoms with Crippen molar-refractivity contribution in [1.82, 2.24) is 0 Å². The molecule has 0 heterocycles. The van der Waals surface area contributed by atoms with E-state index < -0.39 is 35.1 Å². The summed E-state index contributed by atoms with van der Waals surface area (Å²) < 4.78 is 62.0. The number of rotatable bonds is 8. The summed E-state index contributed by atoms with van der Waals surface area (Å²) in [7, 11) is 1.48. The van der Waals surface area contributed by atoms with Gasteiger partial charge in [0.1, 0.15) is 5.69 Å². The highest BCUT2D eigenvalue weighted by molar-refractivity contribution is 5.47. The molecular weight excluding hydrogens is 282 g/mol. The van der Waals surface area contributed by atoms with E-state index in [4.69, 9.17) is 9.47 Å². The van der Waals surface area contributed by atoms with Gasteiger partial charge in [-0.25, -0.2) is 17.6 Å². The van der Waals surface area contributed by atoms with E-state index >= 15 is 0 Å². The first-order valence-electron chi connectivity index (χ1n) is 5.79. The van der Waals surface area contributed by atoms with E-state index in [2.05, 4.69) is 5.32 Å². The molecule has 0 aliphatic rings. The largest absolute Gasteiger partial charge is 0.389 e. The molecule has 1 aromatic rings. The summed E-state index contributed by atoms with van der Waals surface area (Å²) in [6.07, 6.45) is -1.10. The fourth-order valence-electron chi connectivity index (χ4n) is 1.37. The lowest BCUT2D eigenvalue weighted by Crippen LogP contribution is -2.26. The average molecular weight is 297 g/mol. The lowest BCUT2D eigenvalue weighted by Gasteiger charge is -2.14. The molecule has 0 aliphatic carbocycles. The third kappa shape index (κ3) is 4.62. The van der Waals surface area contributed by atoms with E-state index in [-0.39, 0.29) is 25.8 Å². The Bertz CT molecular complexity index is 419. The van der Waals surface area contributed by atoms with Gasteiger partial charge in [0.2, 0.25) is 0 Å². The third-order valence-corrected chi connectivity index (χ3v) is 2.37. The molecule has 1 aromatic carbocycles. The summed E-state index contributed by atoms with van der Waals surface area (Å²) in [6.45, 7) is 0.129. The second-order valence-electron chi connectivity index (χ2n) is 3.95. The quantitative estimate of drug-likeness (QED) is 0.435. The van der Waals surface area contributed by atoms with Crippen LogP contribution >= 0.6 is 0 Å². The van der Waals surface area contributed by atoms with Crippen LogP contribution in [-0.4, -0.2) is 44.7 Å². The van der Waals surface area contributed by atoms with E-state index in [0.717, 1.165) is 0 Å². The molecule has 1 atom stereocenters. The van der Waals surface area contributed by atoms with Gasteiger partial charge < -0.3 is 19.9 Å². The van der Waals surface area contributed by atoms with Crippen LogP contribution in [0.25, 0.3) is 0 Å². The van der Waals surface area contributed by atoms with Crippen molar-refractivity contribution in [3.05, 3.63) is 29.3 Å². The van der Waals surface area contributed by atoms with Crippen LogP contribution in [-0.2, 0) is 9.47 Å². The van der Waals surface area contributed by atoms with Crippen molar-refractivity contribution in [2.24, 2.45) is 0 Å². The van der Waals surface area contributed by atoms with Gasteiger partial charge in [0.25, 0.3) is 0 Å². The Morgan fingerprint density at radius 1 is 1.15 bits per heavy atom. The van der Waals surface area contributed by atoms with Gasteiger partial charge in [0.05, 0.1) is 25.9 Å². The summed E-state index contributed by atoms with van der Waals surface area (Å²) in [5.74, 6) is -6.12. The Balaban J connectivity index is 2.53. The molecule has 0 saturated carbocycles. The molecule has 8 heteroatoms. The lowest BCUT2D eigenvalue weighted by molar-refractivity contribution is 0.0181. The molecular formula is C12H15F4NO3. The molecule has 0 aliphatic heterocycles. The van der Waals surface area contributed by atoms with Gasteiger partial charge >= 0.3 is 0 Å². The van der Waals surface area contributed by atoms with Gasteiger partial charge in [-0.2, -0.15) is 0 Å². The Morgan fingerprint density at radius 2 is 1.75 bits per heavy atom. The number of ether oxygens (including phenoxy) is 2. The van der Waals surface area contributed by atoms with Gasteiger partial charge in [-0.1, -0.05) is 0 Å². The number of halogens is 4. The highest BCUT2D eigenvalue weighted by Gasteiger charge is 2.19. The molecule has 1 rings (SSSR count). The van der Waals surface area contributed by atoms with Crippen LogP contribution in [0.4, 0.5) is 23.2 Å². The number of methoxy groups -OCH3 is 1. The second kappa shape index (κ2) is 8.03. The van der Waals surface area contributed by atoms with Gasteiger partial charge in [-0.3, -0.25) is 0 Å². The summed E-state index contributed by atoms with van der Waals surface area (Å²) >= 11 is 0. The van der Waals surface area contributed by atoms with Crippen molar-refractivity contribution >= 4 is 5.69 Å². The monoisotopic (exact) mass is 297 g/mol. The van der Waals surface area contributed by atoms with Crippen molar-refractivity contribution < 1.29 is 32.1 Å². The number of nitrogens with one attached hydrogen (secondary N) is 1. The molecule has 1 unspecified atom stereocenters. The van der Waals surface area contributed by atoms with Crippen LogP contribution in [0.1, 0.15) is 0 Å². The number of aliphatic hydroxyl groups is 1. The minimum absolute atomic E-state index is 0.111. The molecule has 2 N–H and O–H groups in total. The summed E-state index contributed by atoms with van der Waals surface area (Å²) in [6, 6.07) is 0.111. The Morgan fingerprint density at radius 3 is 2.30 bits per heavy atom. The average Bonchev–Trinajstić information content (AvgIpc) is 2.41. The SMILES string of the molecule is COCCOCC(O)CNc1c(F)c(F)cc(F)c1F.